The Kier molecular flexibility index (Phi) is 5.09. The number of aromatic hydroxyl groups is 1. The molecule has 0 aliphatic rings. The van der Waals surface area contributed by atoms with Gasteiger partial charge in [-0.25, -0.2) is 4.79 Å². The van der Waals surface area contributed by atoms with Gasteiger partial charge < -0.3 is 14.4 Å². The summed E-state index contributed by atoms with van der Waals surface area (Å²) in [5.74, 6) is 0.0349. The predicted molar refractivity (Wildman–Crippen MR) is 120 cm³/mol. The molecule has 3 aromatic carbocycles. The third-order valence-corrected chi connectivity index (χ3v) is 5.79. The fraction of sp³-hybridized carbons (Fsp3) is 0.208. The first kappa shape index (κ1) is 19.5. The molecule has 4 rings (SSSR count). The Labute approximate surface area is 177 Å². The first-order valence-corrected chi connectivity index (χ1v) is 10.3. The number of hydrogen-bond donors (Lipinski definition) is 1. The maximum Gasteiger partial charge on any atom is 0.338 e. The van der Waals surface area contributed by atoms with Crippen LogP contribution in [0.5, 0.6) is 5.75 Å². The van der Waals surface area contributed by atoms with E-state index in [4.69, 9.17) is 4.74 Å². The summed E-state index contributed by atoms with van der Waals surface area (Å²) in [6.45, 7) is 4.81. The molecule has 0 unspecified atom stereocenters. The Morgan fingerprint density at radius 1 is 1.07 bits per heavy atom. The lowest BCUT2D eigenvalue weighted by Gasteiger charge is -2.11. The first-order valence-electron chi connectivity index (χ1n) is 9.51. The van der Waals surface area contributed by atoms with Crippen molar-refractivity contribution in [2.24, 2.45) is 0 Å². The number of methoxy groups -OCH3 is 1. The van der Waals surface area contributed by atoms with Crippen molar-refractivity contribution in [3.63, 3.8) is 0 Å². The van der Waals surface area contributed by atoms with Gasteiger partial charge in [0.15, 0.2) is 0 Å². The van der Waals surface area contributed by atoms with E-state index in [1.807, 2.05) is 24.3 Å². The van der Waals surface area contributed by atoms with Crippen LogP contribution in [0.1, 0.15) is 41.3 Å². The van der Waals surface area contributed by atoms with Crippen molar-refractivity contribution in [1.82, 2.24) is 4.57 Å². The summed E-state index contributed by atoms with van der Waals surface area (Å²) in [5, 5.41) is 12.3. The molecule has 1 N–H and O–H groups in total. The minimum absolute atomic E-state index is 0.181. The topological polar surface area (TPSA) is 51.5 Å². The number of nitrogens with zero attached hydrogens (tertiary/aromatic N) is 1. The number of benzene rings is 3. The highest BCUT2D eigenvalue weighted by atomic mass is 79.9. The number of carbonyl (C=O) groups excluding carboxylic acids is 1. The van der Waals surface area contributed by atoms with Crippen LogP contribution in [0.3, 0.4) is 0 Å². The zero-order valence-electron chi connectivity index (χ0n) is 16.6. The van der Waals surface area contributed by atoms with Gasteiger partial charge in [0.25, 0.3) is 0 Å². The van der Waals surface area contributed by atoms with Crippen LogP contribution >= 0.6 is 15.9 Å². The molecule has 148 valence electrons. The summed E-state index contributed by atoms with van der Waals surface area (Å²) in [6.07, 6.45) is 0. The maximum atomic E-state index is 12.5. The number of rotatable bonds is 4. The van der Waals surface area contributed by atoms with E-state index in [-0.39, 0.29) is 11.7 Å². The molecule has 29 heavy (non-hydrogen) atoms. The van der Waals surface area contributed by atoms with Gasteiger partial charge in [-0.15, -0.1) is 0 Å². The van der Waals surface area contributed by atoms with Crippen molar-refractivity contribution < 1.29 is 14.6 Å². The number of phenolic OH excluding ortho intramolecular Hbond substituents is 1. The highest BCUT2D eigenvalue weighted by Crippen LogP contribution is 2.40. The molecule has 4 nitrogen and oxygen atoms in total. The Morgan fingerprint density at radius 2 is 1.83 bits per heavy atom. The van der Waals surface area contributed by atoms with Gasteiger partial charge in [0.1, 0.15) is 5.75 Å². The zero-order valence-corrected chi connectivity index (χ0v) is 18.2. The molecule has 0 bridgehead atoms. The molecular formula is C24H22BrNO3. The molecule has 0 saturated heterocycles. The van der Waals surface area contributed by atoms with Crippen molar-refractivity contribution >= 4 is 43.7 Å². The molecule has 0 amide bonds. The van der Waals surface area contributed by atoms with E-state index in [9.17, 15) is 9.90 Å². The van der Waals surface area contributed by atoms with Crippen LogP contribution < -0.4 is 0 Å². The summed E-state index contributed by atoms with van der Waals surface area (Å²) in [6, 6.07) is 17.6. The number of hydrogen-bond acceptors (Lipinski definition) is 3. The number of aromatic nitrogens is 1. The third kappa shape index (κ3) is 3.40. The number of esters is 1. The molecule has 4 aromatic rings. The summed E-state index contributed by atoms with van der Waals surface area (Å²) in [5.41, 5.74) is 4.42. The Morgan fingerprint density at radius 3 is 2.52 bits per heavy atom. The molecule has 5 heteroatoms. The van der Waals surface area contributed by atoms with Gasteiger partial charge in [-0.05, 0) is 53.4 Å². The van der Waals surface area contributed by atoms with Gasteiger partial charge in [-0.2, -0.15) is 0 Å². The van der Waals surface area contributed by atoms with E-state index in [1.165, 1.54) is 7.11 Å². The second-order valence-corrected chi connectivity index (χ2v) is 8.41. The van der Waals surface area contributed by atoms with E-state index in [2.05, 4.69) is 52.5 Å². The molecule has 1 heterocycles. The van der Waals surface area contributed by atoms with Crippen LogP contribution in [-0.2, 0) is 11.3 Å². The number of phenols is 1. The van der Waals surface area contributed by atoms with Crippen molar-refractivity contribution in [2.45, 2.75) is 26.3 Å². The van der Waals surface area contributed by atoms with Gasteiger partial charge >= 0.3 is 5.97 Å². The first-order chi connectivity index (χ1) is 13.9. The van der Waals surface area contributed by atoms with Gasteiger partial charge in [-0.3, -0.25) is 0 Å². The van der Waals surface area contributed by atoms with Gasteiger partial charge in [0, 0.05) is 16.4 Å². The standard InChI is InChI=1S/C24H22BrNO3/c1-14(2)16-11-20-23(21(27)12-16)22-18(24(28)29-3)8-5-9-19(22)26(20)13-15-6-4-7-17(25)10-15/h4-12,14,27H,13H2,1-3H3. The average molecular weight is 452 g/mol. The highest BCUT2D eigenvalue weighted by molar-refractivity contribution is 9.10. The predicted octanol–water partition coefficient (Wildman–Crippen LogP) is 6.22. The van der Waals surface area contributed by atoms with Crippen LogP contribution in [-0.4, -0.2) is 22.8 Å². The van der Waals surface area contributed by atoms with E-state index < -0.39 is 5.97 Å². The lowest BCUT2D eigenvalue weighted by Crippen LogP contribution is -2.03. The van der Waals surface area contributed by atoms with Gasteiger partial charge in [0.05, 0.1) is 29.1 Å². The van der Waals surface area contributed by atoms with Crippen LogP contribution in [0.15, 0.2) is 59.1 Å². The summed E-state index contributed by atoms with van der Waals surface area (Å²) >= 11 is 3.54. The van der Waals surface area contributed by atoms with Crippen molar-refractivity contribution in [1.29, 1.82) is 0 Å². The van der Waals surface area contributed by atoms with E-state index in [1.54, 1.807) is 12.1 Å². The van der Waals surface area contributed by atoms with Gasteiger partial charge in [0.2, 0.25) is 0 Å². The normalized spacial score (nSPS) is 11.5. The van der Waals surface area contributed by atoms with Gasteiger partial charge in [-0.1, -0.05) is 48.0 Å². The van der Waals surface area contributed by atoms with Crippen LogP contribution in [0.25, 0.3) is 21.8 Å². The largest absolute Gasteiger partial charge is 0.507 e. The lowest BCUT2D eigenvalue weighted by molar-refractivity contribution is 0.0603. The number of ether oxygens (including phenoxy) is 1. The van der Waals surface area contributed by atoms with E-state index in [0.717, 1.165) is 32.0 Å². The molecule has 0 radical (unpaired) electrons. The average Bonchev–Trinajstić information content (AvgIpc) is 3.01. The van der Waals surface area contributed by atoms with E-state index in [0.29, 0.717) is 17.5 Å². The maximum absolute atomic E-state index is 12.5. The Bertz CT molecular complexity index is 1240. The number of fused-ring (bicyclic) bond motifs is 3. The Balaban J connectivity index is 2.10. The lowest BCUT2D eigenvalue weighted by atomic mass is 9.99. The fourth-order valence-corrected chi connectivity index (χ4v) is 4.31. The number of halogens is 1. The van der Waals surface area contributed by atoms with Crippen molar-refractivity contribution in [3.05, 3.63) is 75.8 Å². The number of carbonyl (C=O) groups is 1. The highest BCUT2D eigenvalue weighted by Gasteiger charge is 2.21. The minimum Gasteiger partial charge on any atom is -0.507 e. The molecule has 0 aliphatic carbocycles. The van der Waals surface area contributed by atoms with Crippen LogP contribution in [0, 0.1) is 0 Å². The summed E-state index contributed by atoms with van der Waals surface area (Å²) < 4.78 is 8.17. The zero-order chi connectivity index (χ0) is 20.7. The molecule has 0 spiro atoms. The summed E-state index contributed by atoms with van der Waals surface area (Å²) in [7, 11) is 1.37. The second-order valence-electron chi connectivity index (χ2n) is 7.50. The molecule has 0 fully saturated rings. The molecule has 1 aromatic heterocycles. The minimum atomic E-state index is -0.413. The fourth-order valence-electron chi connectivity index (χ4n) is 3.86. The SMILES string of the molecule is COC(=O)c1cccc2c1c1c(O)cc(C(C)C)cc1n2Cc1cccc(Br)c1. The molecule has 0 saturated carbocycles. The van der Waals surface area contributed by atoms with Crippen molar-refractivity contribution in [3.8, 4) is 5.75 Å². The summed E-state index contributed by atoms with van der Waals surface area (Å²) in [4.78, 5) is 12.5. The third-order valence-electron chi connectivity index (χ3n) is 5.29. The van der Waals surface area contributed by atoms with E-state index >= 15 is 0 Å². The molecule has 0 aliphatic heterocycles. The quantitative estimate of drug-likeness (QED) is 0.374. The monoisotopic (exact) mass is 451 g/mol. The molecular weight excluding hydrogens is 430 g/mol. The molecule has 0 atom stereocenters. The Hall–Kier alpha value is -2.79. The van der Waals surface area contributed by atoms with Crippen molar-refractivity contribution in [2.75, 3.05) is 7.11 Å². The smallest absolute Gasteiger partial charge is 0.338 e. The second kappa shape index (κ2) is 7.56. The van der Waals surface area contributed by atoms with Crippen LogP contribution in [0.2, 0.25) is 0 Å². The van der Waals surface area contributed by atoms with Crippen LogP contribution in [0.4, 0.5) is 0 Å².